The maximum atomic E-state index is 12.4. The summed E-state index contributed by atoms with van der Waals surface area (Å²) in [4.78, 5) is 18.6. The smallest absolute Gasteiger partial charge is 0.293 e. The third kappa shape index (κ3) is 3.35. The predicted octanol–water partition coefficient (Wildman–Crippen LogP) is 1.25. The second-order valence-corrected chi connectivity index (χ2v) is 6.09. The van der Waals surface area contributed by atoms with Crippen LogP contribution in [0, 0.1) is 5.92 Å². The standard InChI is InChI=1S/C14H23N3O2/c1-11(2)10-17-9-6-15-12(13(17)18)16-7-4-14(3,19)5-8-16/h6,9,11,19H,4-5,7-8,10H2,1-3H3. The summed E-state index contributed by atoms with van der Waals surface area (Å²) in [6.45, 7) is 8.09. The minimum atomic E-state index is -0.609. The van der Waals surface area contributed by atoms with E-state index in [1.807, 2.05) is 11.8 Å². The molecule has 5 heteroatoms. The summed E-state index contributed by atoms with van der Waals surface area (Å²) in [6.07, 6.45) is 4.78. The summed E-state index contributed by atoms with van der Waals surface area (Å²) in [6, 6.07) is 0. The van der Waals surface area contributed by atoms with E-state index < -0.39 is 5.60 Å². The first-order chi connectivity index (χ1) is 8.89. The summed E-state index contributed by atoms with van der Waals surface area (Å²) < 4.78 is 1.72. The van der Waals surface area contributed by atoms with Crippen LogP contribution in [0.1, 0.15) is 33.6 Å². The molecule has 1 fully saturated rings. The fourth-order valence-electron chi connectivity index (χ4n) is 2.39. The topological polar surface area (TPSA) is 58.4 Å². The molecule has 0 aromatic carbocycles. The number of hydrogen-bond donors (Lipinski definition) is 1. The molecule has 0 atom stereocenters. The number of aromatic nitrogens is 2. The van der Waals surface area contributed by atoms with Gasteiger partial charge < -0.3 is 14.6 Å². The van der Waals surface area contributed by atoms with Crippen LogP contribution in [0.4, 0.5) is 5.82 Å². The molecule has 0 radical (unpaired) electrons. The van der Waals surface area contributed by atoms with Crippen molar-refractivity contribution in [3.63, 3.8) is 0 Å². The molecule has 1 aromatic heterocycles. The zero-order valence-electron chi connectivity index (χ0n) is 12.0. The van der Waals surface area contributed by atoms with Crippen LogP contribution >= 0.6 is 0 Å². The molecule has 0 unspecified atom stereocenters. The van der Waals surface area contributed by atoms with Crippen LogP contribution in [0.5, 0.6) is 0 Å². The van der Waals surface area contributed by atoms with E-state index in [0.29, 0.717) is 44.2 Å². The normalized spacial score (nSPS) is 18.9. The summed E-state index contributed by atoms with van der Waals surface area (Å²) in [5.41, 5.74) is -0.639. The lowest BCUT2D eigenvalue weighted by Crippen LogP contribution is -2.45. The Bertz CT molecular complexity index is 484. The molecule has 1 saturated heterocycles. The highest BCUT2D eigenvalue weighted by Gasteiger charge is 2.29. The molecule has 1 aliphatic heterocycles. The average Bonchev–Trinajstić information content (AvgIpc) is 2.32. The van der Waals surface area contributed by atoms with Crippen molar-refractivity contribution in [2.24, 2.45) is 5.92 Å². The molecule has 1 N–H and O–H groups in total. The minimum Gasteiger partial charge on any atom is -0.390 e. The Morgan fingerprint density at radius 3 is 2.63 bits per heavy atom. The molecule has 0 aliphatic carbocycles. The van der Waals surface area contributed by atoms with Gasteiger partial charge in [-0.3, -0.25) is 4.79 Å². The van der Waals surface area contributed by atoms with Crippen LogP contribution < -0.4 is 10.5 Å². The van der Waals surface area contributed by atoms with Crippen molar-refractivity contribution >= 4 is 5.82 Å². The second kappa shape index (κ2) is 5.33. The van der Waals surface area contributed by atoms with Gasteiger partial charge in [-0.25, -0.2) is 4.98 Å². The zero-order valence-corrected chi connectivity index (χ0v) is 12.0. The number of aliphatic hydroxyl groups is 1. The quantitative estimate of drug-likeness (QED) is 0.893. The summed E-state index contributed by atoms with van der Waals surface area (Å²) in [5, 5.41) is 9.95. The molecule has 0 spiro atoms. The van der Waals surface area contributed by atoms with Gasteiger partial charge in [-0.15, -0.1) is 0 Å². The maximum absolute atomic E-state index is 12.4. The molecule has 0 saturated carbocycles. The third-order valence-corrected chi connectivity index (χ3v) is 3.60. The maximum Gasteiger partial charge on any atom is 0.293 e. The number of anilines is 1. The van der Waals surface area contributed by atoms with Crippen molar-refractivity contribution < 1.29 is 5.11 Å². The Labute approximate surface area is 113 Å². The molecule has 1 aromatic rings. The van der Waals surface area contributed by atoms with E-state index in [-0.39, 0.29) is 5.56 Å². The molecular weight excluding hydrogens is 242 g/mol. The van der Waals surface area contributed by atoms with E-state index in [4.69, 9.17) is 0 Å². The third-order valence-electron chi connectivity index (χ3n) is 3.60. The van der Waals surface area contributed by atoms with Gasteiger partial charge in [0.2, 0.25) is 0 Å². The van der Waals surface area contributed by atoms with Gasteiger partial charge in [0.1, 0.15) is 0 Å². The summed E-state index contributed by atoms with van der Waals surface area (Å²) >= 11 is 0. The van der Waals surface area contributed by atoms with E-state index >= 15 is 0 Å². The lowest BCUT2D eigenvalue weighted by molar-refractivity contribution is 0.0349. The van der Waals surface area contributed by atoms with Crippen LogP contribution in [0.3, 0.4) is 0 Å². The Balaban J connectivity index is 2.19. The lowest BCUT2D eigenvalue weighted by atomic mass is 9.94. The molecule has 19 heavy (non-hydrogen) atoms. The SMILES string of the molecule is CC(C)Cn1ccnc(N2CCC(C)(O)CC2)c1=O. The first-order valence-corrected chi connectivity index (χ1v) is 6.92. The van der Waals surface area contributed by atoms with E-state index in [9.17, 15) is 9.90 Å². The minimum absolute atomic E-state index is 0.0299. The Morgan fingerprint density at radius 2 is 2.05 bits per heavy atom. The molecule has 0 bridgehead atoms. The fourth-order valence-corrected chi connectivity index (χ4v) is 2.39. The predicted molar refractivity (Wildman–Crippen MR) is 75.4 cm³/mol. The van der Waals surface area contributed by atoms with E-state index in [1.165, 1.54) is 0 Å². The summed E-state index contributed by atoms with van der Waals surface area (Å²) in [7, 11) is 0. The highest BCUT2D eigenvalue weighted by Crippen LogP contribution is 2.22. The van der Waals surface area contributed by atoms with Crippen LogP contribution in [0.25, 0.3) is 0 Å². The highest BCUT2D eigenvalue weighted by atomic mass is 16.3. The van der Waals surface area contributed by atoms with Crippen LogP contribution in [-0.4, -0.2) is 33.3 Å². The Morgan fingerprint density at radius 1 is 1.42 bits per heavy atom. The monoisotopic (exact) mass is 265 g/mol. The number of hydrogen-bond acceptors (Lipinski definition) is 4. The van der Waals surface area contributed by atoms with Crippen LogP contribution in [0.2, 0.25) is 0 Å². The van der Waals surface area contributed by atoms with Crippen molar-refractivity contribution in [2.75, 3.05) is 18.0 Å². The molecule has 2 heterocycles. The first-order valence-electron chi connectivity index (χ1n) is 6.92. The van der Waals surface area contributed by atoms with E-state index in [1.54, 1.807) is 17.0 Å². The van der Waals surface area contributed by atoms with Crippen molar-refractivity contribution in [3.05, 3.63) is 22.7 Å². The van der Waals surface area contributed by atoms with Gasteiger partial charge in [0.05, 0.1) is 5.60 Å². The van der Waals surface area contributed by atoms with Gasteiger partial charge in [0.25, 0.3) is 5.56 Å². The first kappa shape index (κ1) is 14.1. The number of piperidine rings is 1. The number of rotatable bonds is 3. The highest BCUT2D eigenvalue weighted by molar-refractivity contribution is 5.36. The van der Waals surface area contributed by atoms with Gasteiger partial charge in [-0.2, -0.15) is 0 Å². The summed E-state index contributed by atoms with van der Waals surface area (Å²) in [5.74, 6) is 0.939. The van der Waals surface area contributed by atoms with Crippen LogP contribution in [0.15, 0.2) is 17.2 Å². The average molecular weight is 265 g/mol. The van der Waals surface area contributed by atoms with Crippen molar-refractivity contribution in [1.29, 1.82) is 0 Å². The van der Waals surface area contributed by atoms with Crippen molar-refractivity contribution in [3.8, 4) is 0 Å². The molecule has 106 valence electrons. The largest absolute Gasteiger partial charge is 0.390 e. The van der Waals surface area contributed by atoms with Crippen molar-refractivity contribution in [2.45, 2.75) is 45.8 Å². The molecule has 1 aliphatic rings. The van der Waals surface area contributed by atoms with Gasteiger partial charge in [0, 0.05) is 32.0 Å². The van der Waals surface area contributed by atoms with Crippen LogP contribution in [-0.2, 0) is 6.54 Å². The van der Waals surface area contributed by atoms with Crippen molar-refractivity contribution in [1.82, 2.24) is 9.55 Å². The lowest BCUT2D eigenvalue weighted by Gasteiger charge is -2.36. The Hall–Kier alpha value is -1.36. The van der Waals surface area contributed by atoms with Gasteiger partial charge in [-0.05, 0) is 25.7 Å². The molecule has 5 nitrogen and oxygen atoms in total. The molecule has 2 rings (SSSR count). The van der Waals surface area contributed by atoms with Gasteiger partial charge >= 0.3 is 0 Å². The van der Waals surface area contributed by atoms with Gasteiger partial charge in [0.15, 0.2) is 5.82 Å². The molecule has 0 amide bonds. The second-order valence-electron chi connectivity index (χ2n) is 6.09. The number of nitrogens with zero attached hydrogens (tertiary/aromatic N) is 3. The zero-order chi connectivity index (χ0) is 14.0. The fraction of sp³-hybridized carbons (Fsp3) is 0.714. The molecular formula is C14H23N3O2. The van der Waals surface area contributed by atoms with Gasteiger partial charge in [-0.1, -0.05) is 13.8 Å². The van der Waals surface area contributed by atoms with E-state index in [0.717, 1.165) is 0 Å². The Kier molecular flexibility index (Phi) is 3.94. The van der Waals surface area contributed by atoms with E-state index in [2.05, 4.69) is 18.8 Å².